The lowest BCUT2D eigenvalue weighted by Gasteiger charge is -2.20. The molecule has 1 aromatic heterocycles. The molecule has 0 radical (unpaired) electrons. The van der Waals surface area contributed by atoms with Crippen molar-refractivity contribution in [1.29, 1.82) is 0 Å². The van der Waals surface area contributed by atoms with Crippen LogP contribution in [0.15, 0.2) is 41.6 Å². The third-order valence-electron chi connectivity index (χ3n) is 3.71. The van der Waals surface area contributed by atoms with Crippen LogP contribution >= 0.6 is 23.4 Å². The van der Waals surface area contributed by atoms with Gasteiger partial charge in [0.2, 0.25) is 5.16 Å². The average molecular weight is 375 g/mol. The number of tetrazole rings is 1. The number of halogens is 1. The Labute approximate surface area is 154 Å². The van der Waals surface area contributed by atoms with Crippen molar-refractivity contribution in [2.75, 3.05) is 13.2 Å². The highest BCUT2D eigenvalue weighted by molar-refractivity contribution is 7.98. The molecule has 2 aromatic carbocycles. The molecule has 0 amide bonds. The van der Waals surface area contributed by atoms with Gasteiger partial charge in [-0.3, -0.25) is 0 Å². The van der Waals surface area contributed by atoms with Crippen LogP contribution in [0.1, 0.15) is 11.1 Å². The van der Waals surface area contributed by atoms with Gasteiger partial charge in [0.1, 0.15) is 13.2 Å². The Hall–Kier alpha value is -2.25. The number of hydrogen-bond donors (Lipinski definition) is 0. The summed E-state index contributed by atoms with van der Waals surface area (Å²) in [5.41, 5.74) is 3.12. The zero-order chi connectivity index (χ0) is 17.2. The Bertz CT molecular complexity index is 915. The van der Waals surface area contributed by atoms with Gasteiger partial charge in [-0.25, -0.2) is 0 Å². The smallest absolute Gasteiger partial charge is 0.214 e. The Morgan fingerprint density at radius 3 is 2.96 bits per heavy atom. The van der Waals surface area contributed by atoms with Crippen LogP contribution in [-0.4, -0.2) is 33.4 Å². The average Bonchev–Trinajstić information content (AvgIpc) is 3.09. The van der Waals surface area contributed by atoms with Gasteiger partial charge >= 0.3 is 0 Å². The molecule has 0 spiro atoms. The zero-order valence-electron chi connectivity index (χ0n) is 13.5. The summed E-state index contributed by atoms with van der Waals surface area (Å²) >= 11 is 7.83. The van der Waals surface area contributed by atoms with Gasteiger partial charge in [0.25, 0.3) is 0 Å². The van der Waals surface area contributed by atoms with Gasteiger partial charge in [0, 0.05) is 5.75 Å². The second-order valence-electron chi connectivity index (χ2n) is 5.60. The van der Waals surface area contributed by atoms with Crippen LogP contribution in [0.4, 0.5) is 0 Å². The highest BCUT2D eigenvalue weighted by Crippen LogP contribution is 2.39. The summed E-state index contributed by atoms with van der Waals surface area (Å²) in [6.07, 6.45) is 0. The van der Waals surface area contributed by atoms with E-state index in [1.54, 1.807) is 4.68 Å². The van der Waals surface area contributed by atoms with E-state index < -0.39 is 0 Å². The van der Waals surface area contributed by atoms with Crippen LogP contribution in [0.2, 0.25) is 5.02 Å². The van der Waals surface area contributed by atoms with E-state index in [0.717, 1.165) is 22.0 Å². The standard InChI is InChI=1S/C17H15ClN4O2S/c1-11-3-2-4-13(7-11)22-17(19-20-21-22)25-10-12-8-14(18)16-15(9-12)23-5-6-24-16/h2-4,7-9H,5-6,10H2,1H3. The largest absolute Gasteiger partial charge is 0.486 e. The van der Waals surface area contributed by atoms with Crippen molar-refractivity contribution in [2.45, 2.75) is 17.8 Å². The van der Waals surface area contributed by atoms with E-state index in [2.05, 4.69) is 15.5 Å². The van der Waals surface area contributed by atoms with Crippen molar-refractivity contribution < 1.29 is 9.47 Å². The summed E-state index contributed by atoms with van der Waals surface area (Å²) in [7, 11) is 0. The minimum absolute atomic E-state index is 0.520. The Morgan fingerprint density at radius 1 is 1.20 bits per heavy atom. The topological polar surface area (TPSA) is 62.1 Å². The number of fused-ring (bicyclic) bond motifs is 1. The van der Waals surface area contributed by atoms with E-state index in [9.17, 15) is 0 Å². The molecule has 4 rings (SSSR count). The molecule has 0 fully saturated rings. The number of hydrogen-bond acceptors (Lipinski definition) is 6. The van der Waals surface area contributed by atoms with Crippen molar-refractivity contribution in [3.05, 3.63) is 52.5 Å². The lowest BCUT2D eigenvalue weighted by atomic mass is 10.2. The van der Waals surface area contributed by atoms with Crippen LogP contribution in [0.25, 0.3) is 5.69 Å². The summed E-state index contributed by atoms with van der Waals surface area (Å²) in [5.74, 6) is 1.97. The van der Waals surface area contributed by atoms with Gasteiger partial charge in [-0.1, -0.05) is 35.5 Å². The molecule has 0 unspecified atom stereocenters. The Kier molecular flexibility index (Phi) is 4.50. The van der Waals surface area contributed by atoms with E-state index in [-0.39, 0.29) is 0 Å². The second kappa shape index (κ2) is 6.93. The monoisotopic (exact) mass is 374 g/mol. The van der Waals surface area contributed by atoms with Crippen molar-refractivity contribution in [3.8, 4) is 17.2 Å². The van der Waals surface area contributed by atoms with E-state index in [4.69, 9.17) is 21.1 Å². The third kappa shape index (κ3) is 3.43. The molecule has 0 saturated heterocycles. The number of aryl methyl sites for hydroxylation is 1. The molecular formula is C17H15ClN4O2S. The van der Waals surface area contributed by atoms with Crippen molar-refractivity contribution in [1.82, 2.24) is 20.2 Å². The number of aromatic nitrogens is 4. The quantitative estimate of drug-likeness (QED) is 0.649. The van der Waals surface area contributed by atoms with E-state index >= 15 is 0 Å². The molecule has 128 valence electrons. The highest BCUT2D eigenvalue weighted by atomic mass is 35.5. The van der Waals surface area contributed by atoms with Crippen LogP contribution in [-0.2, 0) is 5.75 Å². The van der Waals surface area contributed by atoms with Gasteiger partial charge in [0.15, 0.2) is 11.5 Å². The third-order valence-corrected chi connectivity index (χ3v) is 4.98. The molecule has 0 aliphatic carbocycles. The van der Waals surface area contributed by atoms with Crippen LogP contribution in [0.3, 0.4) is 0 Å². The maximum absolute atomic E-state index is 6.29. The summed E-state index contributed by atoms with van der Waals surface area (Å²) in [6.45, 7) is 3.09. The molecule has 0 saturated carbocycles. The van der Waals surface area contributed by atoms with E-state index in [1.807, 2.05) is 43.3 Å². The summed E-state index contributed by atoms with van der Waals surface area (Å²) in [5, 5.41) is 13.3. The SMILES string of the molecule is Cc1cccc(-n2nnnc2SCc2cc(Cl)c3c(c2)OCCO3)c1. The van der Waals surface area contributed by atoms with E-state index in [0.29, 0.717) is 35.5 Å². The minimum atomic E-state index is 0.520. The molecule has 0 N–H and O–H groups in total. The molecule has 25 heavy (non-hydrogen) atoms. The summed E-state index contributed by atoms with van der Waals surface area (Å²) < 4.78 is 12.9. The first kappa shape index (κ1) is 16.2. The predicted octanol–water partition coefficient (Wildman–Crippen LogP) is 3.69. The van der Waals surface area contributed by atoms with Crippen molar-refractivity contribution in [2.24, 2.45) is 0 Å². The molecule has 2 heterocycles. The van der Waals surface area contributed by atoms with Crippen molar-refractivity contribution >= 4 is 23.4 Å². The molecule has 1 aliphatic heterocycles. The highest BCUT2D eigenvalue weighted by Gasteiger charge is 2.17. The number of benzene rings is 2. The van der Waals surface area contributed by atoms with Gasteiger partial charge in [-0.2, -0.15) is 4.68 Å². The molecule has 3 aromatic rings. The molecule has 0 atom stereocenters. The van der Waals surface area contributed by atoms with Gasteiger partial charge in [0.05, 0.1) is 10.7 Å². The number of rotatable bonds is 4. The zero-order valence-corrected chi connectivity index (χ0v) is 15.0. The molecular weight excluding hydrogens is 360 g/mol. The first-order valence-electron chi connectivity index (χ1n) is 7.77. The molecule has 1 aliphatic rings. The Balaban J connectivity index is 1.55. The van der Waals surface area contributed by atoms with Crippen LogP contribution in [0.5, 0.6) is 11.5 Å². The first-order valence-corrected chi connectivity index (χ1v) is 9.13. The molecule has 6 nitrogen and oxygen atoms in total. The fourth-order valence-electron chi connectivity index (χ4n) is 2.59. The van der Waals surface area contributed by atoms with Crippen LogP contribution < -0.4 is 9.47 Å². The number of ether oxygens (including phenoxy) is 2. The minimum Gasteiger partial charge on any atom is -0.486 e. The molecule has 0 bridgehead atoms. The first-order chi connectivity index (χ1) is 12.2. The Morgan fingerprint density at radius 2 is 2.08 bits per heavy atom. The fourth-order valence-corrected chi connectivity index (χ4v) is 3.69. The van der Waals surface area contributed by atoms with E-state index in [1.165, 1.54) is 11.8 Å². The summed E-state index contributed by atoms with van der Waals surface area (Å²) in [4.78, 5) is 0. The van der Waals surface area contributed by atoms with Gasteiger partial charge < -0.3 is 9.47 Å². The maximum Gasteiger partial charge on any atom is 0.214 e. The van der Waals surface area contributed by atoms with Gasteiger partial charge in [-0.15, -0.1) is 5.10 Å². The number of nitrogens with zero attached hydrogens (tertiary/aromatic N) is 4. The maximum atomic E-state index is 6.29. The van der Waals surface area contributed by atoms with Gasteiger partial charge in [-0.05, 0) is 52.7 Å². The lowest BCUT2D eigenvalue weighted by molar-refractivity contribution is 0.171. The van der Waals surface area contributed by atoms with Crippen LogP contribution in [0, 0.1) is 6.92 Å². The fraction of sp³-hybridized carbons (Fsp3) is 0.235. The predicted molar refractivity (Wildman–Crippen MR) is 95.9 cm³/mol. The molecule has 8 heteroatoms. The van der Waals surface area contributed by atoms with Crippen molar-refractivity contribution in [3.63, 3.8) is 0 Å². The summed E-state index contributed by atoms with van der Waals surface area (Å²) in [6, 6.07) is 11.9. The second-order valence-corrected chi connectivity index (χ2v) is 6.95. The number of thioether (sulfide) groups is 1. The lowest BCUT2D eigenvalue weighted by Crippen LogP contribution is -2.15. The normalized spacial score (nSPS) is 13.0.